The van der Waals surface area contributed by atoms with Crippen LogP contribution in [-0.4, -0.2) is 5.78 Å². The fraction of sp³-hybridized carbons (Fsp3) is 0.417. The van der Waals surface area contributed by atoms with Crippen molar-refractivity contribution in [1.82, 2.24) is 6.15 Å². The summed E-state index contributed by atoms with van der Waals surface area (Å²) in [7, 11) is 0. The van der Waals surface area contributed by atoms with E-state index in [9.17, 15) is 4.79 Å². The molecular formula is C12H19NO. The highest BCUT2D eigenvalue weighted by atomic mass is 16.1. The van der Waals surface area contributed by atoms with E-state index in [1.807, 2.05) is 32.0 Å². The number of Topliss-reactive ketones (excluding diaryl/α,β-unsaturated/α-hetero) is 1. The third-order valence-electron chi connectivity index (χ3n) is 2.44. The molecule has 14 heavy (non-hydrogen) atoms. The summed E-state index contributed by atoms with van der Waals surface area (Å²) in [6.45, 7) is 5.63. The number of rotatable bonds is 3. The quantitative estimate of drug-likeness (QED) is 0.802. The van der Waals surface area contributed by atoms with Crippen LogP contribution < -0.4 is 6.15 Å². The first-order valence-electron chi connectivity index (χ1n) is 4.57. The van der Waals surface area contributed by atoms with Gasteiger partial charge in [0.05, 0.1) is 0 Å². The van der Waals surface area contributed by atoms with E-state index in [1.54, 1.807) is 6.92 Å². The molecule has 0 atom stereocenters. The summed E-state index contributed by atoms with van der Waals surface area (Å²) in [6, 6.07) is 10.1. The van der Waals surface area contributed by atoms with Crippen LogP contribution in [0.4, 0.5) is 0 Å². The van der Waals surface area contributed by atoms with Crippen LogP contribution in [0.3, 0.4) is 0 Å². The predicted octanol–water partition coefficient (Wildman–Crippen LogP) is 3.01. The smallest absolute Gasteiger partial charge is 0.135 e. The highest BCUT2D eigenvalue weighted by Crippen LogP contribution is 2.22. The van der Waals surface area contributed by atoms with Crippen LogP contribution in [-0.2, 0) is 11.2 Å². The predicted molar refractivity (Wildman–Crippen MR) is 59.6 cm³/mol. The Labute approximate surface area is 85.9 Å². The number of carbonyl (C=O) groups is 1. The highest BCUT2D eigenvalue weighted by Gasteiger charge is 2.23. The molecule has 0 saturated heterocycles. The molecule has 3 N–H and O–H groups in total. The van der Waals surface area contributed by atoms with E-state index in [-0.39, 0.29) is 17.3 Å². The third-order valence-corrected chi connectivity index (χ3v) is 2.44. The Kier molecular flexibility index (Phi) is 4.51. The Morgan fingerprint density at radius 1 is 1.21 bits per heavy atom. The summed E-state index contributed by atoms with van der Waals surface area (Å²) < 4.78 is 0. The van der Waals surface area contributed by atoms with Crippen LogP contribution in [0.1, 0.15) is 26.3 Å². The molecule has 0 aliphatic heterocycles. The number of hydrogen-bond donors (Lipinski definition) is 1. The minimum absolute atomic E-state index is 0. The maximum Gasteiger partial charge on any atom is 0.135 e. The monoisotopic (exact) mass is 193 g/mol. The fourth-order valence-electron chi connectivity index (χ4n) is 1.23. The Hall–Kier alpha value is -1.15. The number of benzene rings is 1. The molecule has 0 amide bonds. The molecule has 0 aliphatic carbocycles. The molecule has 0 unspecified atom stereocenters. The van der Waals surface area contributed by atoms with Crippen molar-refractivity contribution in [1.29, 1.82) is 0 Å². The van der Waals surface area contributed by atoms with E-state index in [0.29, 0.717) is 0 Å². The van der Waals surface area contributed by atoms with Gasteiger partial charge in [-0.1, -0.05) is 44.2 Å². The van der Waals surface area contributed by atoms with Gasteiger partial charge < -0.3 is 6.15 Å². The lowest BCUT2D eigenvalue weighted by molar-refractivity contribution is -0.124. The standard InChI is InChI=1S/C12H16O.H3N/c1-10(13)12(2,3)9-11-7-5-4-6-8-11;/h4-8H,9H2,1-3H3;1H3. The van der Waals surface area contributed by atoms with Crippen molar-refractivity contribution in [2.75, 3.05) is 0 Å². The van der Waals surface area contributed by atoms with Gasteiger partial charge in [-0.05, 0) is 18.9 Å². The molecule has 0 bridgehead atoms. The molecule has 0 aromatic heterocycles. The summed E-state index contributed by atoms with van der Waals surface area (Å²) >= 11 is 0. The van der Waals surface area contributed by atoms with Gasteiger partial charge in [0.2, 0.25) is 0 Å². The third kappa shape index (κ3) is 3.30. The van der Waals surface area contributed by atoms with Crippen molar-refractivity contribution < 1.29 is 4.79 Å². The average molecular weight is 193 g/mol. The summed E-state index contributed by atoms with van der Waals surface area (Å²) in [5.41, 5.74) is 0.990. The molecule has 0 fully saturated rings. The van der Waals surface area contributed by atoms with Gasteiger partial charge in [-0.15, -0.1) is 0 Å². The highest BCUT2D eigenvalue weighted by molar-refractivity contribution is 5.81. The first-order chi connectivity index (χ1) is 6.02. The Morgan fingerprint density at radius 2 is 1.71 bits per heavy atom. The van der Waals surface area contributed by atoms with Gasteiger partial charge in [0, 0.05) is 5.41 Å². The molecule has 1 rings (SSSR count). The van der Waals surface area contributed by atoms with E-state index in [0.717, 1.165) is 6.42 Å². The first kappa shape index (κ1) is 12.8. The second kappa shape index (κ2) is 4.91. The second-order valence-corrected chi connectivity index (χ2v) is 4.10. The first-order valence-corrected chi connectivity index (χ1v) is 4.57. The van der Waals surface area contributed by atoms with E-state index in [2.05, 4.69) is 12.1 Å². The van der Waals surface area contributed by atoms with Crippen molar-refractivity contribution >= 4 is 5.78 Å². The summed E-state index contributed by atoms with van der Waals surface area (Å²) in [5.74, 6) is 0.247. The van der Waals surface area contributed by atoms with Crippen LogP contribution >= 0.6 is 0 Å². The minimum atomic E-state index is -0.235. The van der Waals surface area contributed by atoms with Crippen molar-refractivity contribution in [3.63, 3.8) is 0 Å². The largest absolute Gasteiger partial charge is 0.344 e. The van der Waals surface area contributed by atoms with Crippen molar-refractivity contribution in [2.45, 2.75) is 27.2 Å². The molecule has 0 saturated carbocycles. The average Bonchev–Trinajstić information content (AvgIpc) is 2.05. The fourth-order valence-corrected chi connectivity index (χ4v) is 1.23. The lowest BCUT2D eigenvalue weighted by Crippen LogP contribution is -2.23. The maximum absolute atomic E-state index is 11.3. The number of hydrogen-bond acceptors (Lipinski definition) is 2. The lowest BCUT2D eigenvalue weighted by Gasteiger charge is -2.20. The molecule has 0 heterocycles. The normalized spacial score (nSPS) is 10.5. The minimum Gasteiger partial charge on any atom is -0.344 e. The zero-order valence-electron chi connectivity index (χ0n) is 9.21. The van der Waals surface area contributed by atoms with Gasteiger partial charge in [-0.3, -0.25) is 4.79 Å². The van der Waals surface area contributed by atoms with Crippen LogP contribution in [0.2, 0.25) is 0 Å². The Bertz CT molecular complexity index is 290. The molecular weight excluding hydrogens is 174 g/mol. The molecule has 0 radical (unpaired) electrons. The lowest BCUT2D eigenvalue weighted by atomic mass is 9.82. The van der Waals surface area contributed by atoms with E-state index >= 15 is 0 Å². The van der Waals surface area contributed by atoms with Gasteiger partial charge in [-0.25, -0.2) is 0 Å². The molecule has 1 aromatic rings. The van der Waals surface area contributed by atoms with E-state index in [4.69, 9.17) is 0 Å². The summed E-state index contributed by atoms with van der Waals surface area (Å²) in [6.07, 6.45) is 0.823. The zero-order valence-corrected chi connectivity index (χ0v) is 9.21. The number of ketones is 1. The van der Waals surface area contributed by atoms with Gasteiger partial charge in [-0.2, -0.15) is 0 Å². The van der Waals surface area contributed by atoms with E-state index in [1.165, 1.54) is 5.56 Å². The summed E-state index contributed by atoms with van der Waals surface area (Å²) in [5, 5.41) is 0. The van der Waals surface area contributed by atoms with E-state index < -0.39 is 0 Å². The molecule has 78 valence electrons. The zero-order chi connectivity index (χ0) is 9.90. The van der Waals surface area contributed by atoms with Crippen molar-refractivity contribution in [3.05, 3.63) is 35.9 Å². The van der Waals surface area contributed by atoms with Gasteiger partial charge >= 0.3 is 0 Å². The Balaban J connectivity index is 0.00000169. The summed E-state index contributed by atoms with van der Waals surface area (Å²) in [4.78, 5) is 11.3. The molecule has 0 aliphatic rings. The van der Waals surface area contributed by atoms with Gasteiger partial charge in [0.25, 0.3) is 0 Å². The topological polar surface area (TPSA) is 52.1 Å². The molecule has 2 nitrogen and oxygen atoms in total. The molecule has 0 spiro atoms. The van der Waals surface area contributed by atoms with Crippen molar-refractivity contribution in [3.8, 4) is 0 Å². The van der Waals surface area contributed by atoms with Crippen LogP contribution in [0, 0.1) is 5.41 Å². The second-order valence-electron chi connectivity index (χ2n) is 4.10. The van der Waals surface area contributed by atoms with Crippen molar-refractivity contribution in [2.24, 2.45) is 5.41 Å². The molecule has 1 aromatic carbocycles. The van der Waals surface area contributed by atoms with Gasteiger partial charge in [0.15, 0.2) is 0 Å². The van der Waals surface area contributed by atoms with Crippen LogP contribution in [0.5, 0.6) is 0 Å². The molecule has 2 heteroatoms. The maximum atomic E-state index is 11.3. The van der Waals surface area contributed by atoms with Crippen LogP contribution in [0.15, 0.2) is 30.3 Å². The number of carbonyl (C=O) groups excluding carboxylic acids is 1. The van der Waals surface area contributed by atoms with Gasteiger partial charge in [0.1, 0.15) is 5.78 Å². The SMILES string of the molecule is CC(=O)C(C)(C)Cc1ccccc1.N. The Morgan fingerprint density at radius 3 is 2.14 bits per heavy atom. The van der Waals surface area contributed by atoms with Crippen LogP contribution in [0.25, 0.3) is 0 Å².